The molecule has 0 saturated heterocycles. The first-order valence-electron chi connectivity index (χ1n) is 4.00. The van der Waals surface area contributed by atoms with E-state index in [1.165, 1.54) is 4.57 Å². The highest BCUT2D eigenvalue weighted by molar-refractivity contribution is 6.30. The SMILES string of the molecule is Cn1c(=O)c(N)cc2cnc(Cl)cc21. The molecule has 0 saturated carbocycles. The van der Waals surface area contributed by atoms with Gasteiger partial charge in [-0.1, -0.05) is 11.6 Å². The van der Waals surface area contributed by atoms with Crippen LogP contribution in [0.2, 0.25) is 5.15 Å². The van der Waals surface area contributed by atoms with E-state index in [9.17, 15) is 4.79 Å². The molecule has 14 heavy (non-hydrogen) atoms. The quantitative estimate of drug-likeness (QED) is 0.663. The Labute approximate surface area is 84.9 Å². The van der Waals surface area contributed by atoms with Gasteiger partial charge in [0.2, 0.25) is 0 Å². The molecule has 0 fully saturated rings. The maximum Gasteiger partial charge on any atom is 0.273 e. The van der Waals surface area contributed by atoms with Gasteiger partial charge in [-0.05, 0) is 12.1 Å². The van der Waals surface area contributed by atoms with E-state index in [0.717, 1.165) is 10.9 Å². The number of halogens is 1. The van der Waals surface area contributed by atoms with Crippen molar-refractivity contribution in [2.45, 2.75) is 0 Å². The van der Waals surface area contributed by atoms with E-state index >= 15 is 0 Å². The number of pyridine rings is 2. The van der Waals surface area contributed by atoms with Gasteiger partial charge >= 0.3 is 0 Å². The maximum absolute atomic E-state index is 11.5. The van der Waals surface area contributed by atoms with Gasteiger partial charge in [-0.15, -0.1) is 0 Å². The summed E-state index contributed by atoms with van der Waals surface area (Å²) in [7, 11) is 1.65. The highest BCUT2D eigenvalue weighted by atomic mass is 35.5. The Morgan fingerprint density at radius 1 is 1.50 bits per heavy atom. The summed E-state index contributed by atoms with van der Waals surface area (Å²) in [5.74, 6) is 0. The first-order chi connectivity index (χ1) is 6.59. The monoisotopic (exact) mass is 209 g/mol. The molecular formula is C9H8ClN3O. The van der Waals surface area contributed by atoms with Crippen molar-refractivity contribution in [1.82, 2.24) is 9.55 Å². The third kappa shape index (κ3) is 1.24. The van der Waals surface area contributed by atoms with Crippen LogP contribution in [0.5, 0.6) is 0 Å². The van der Waals surface area contributed by atoms with Gasteiger partial charge in [0.1, 0.15) is 5.15 Å². The number of aromatic nitrogens is 2. The van der Waals surface area contributed by atoms with Crippen LogP contribution in [0.4, 0.5) is 5.69 Å². The van der Waals surface area contributed by atoms with Crippen LogP contribution in [0.15, 0.2) is 23.1 Å². The average Bonchev–Trinajstić information content (AvgIpc) is 2.16. The van der Waals surface area contributed by atoms with Crippen molar-refractivity contribution >= 4 is 28.2 Å². The predicted molar refractivity (Wildman–Crippen MR) is 56.4 cm³/mol. The van der Waals surface area contributed by atoms with Gasteiger partial charge in [0.05, 0.1) is 11.2 Å². The number of aryl methyl sites for hydroxylation is 1. The summed E-state index contributed by atoms with van der Waals surface area (Å²) in [5.41, 5.74) is 6.25. The average molecular weight is 210 g/mol. The number of nitrogens with zero attached hydrogens (tertiary/aromatic N) is 2. The van der Waals surface area contributed by atoms with Gasteiger partial charge < -0.3 is 10.3 Å². The highest BCUT2D eigenvalue weighted by Gasteiger charge is 2.04. The second-order valence-electron chi connectivity index (χ2n) is 3.03. The lowest BCUT2D eigenvalue weighted by Crippen LogP contribution is -2.20. The molecule has 2 aromatic rings. The number of fused-ring (bicyclic) bond motifs is 1. The molecule has 4 nitrogen and oxygen atoms in total. The number of hydrogen-bond acceptors (Lipinski definition) is 3. The zero-order chi connectivity index (χ0) is 10.3. The van der Waals surface area contributed by atoms with Crippen LogP contribution in [0.25, 0.3) is 10.9 Å². The van der Waals surface area contributed by atoms with Crippen molar-refractivity contribution in [3.63, 3.8) is 0 Å². The second kappa shape index (κ2) is 2.99. The zero-order valence-electron chi connectivity index (χ0n) is 7.49. The van der Waals surface area contributed by atoms with Crippen LogP contribution in [-0.2, 0) is 7.05 Å². The van der Waals surface area contributed by atoms with Crippen LogP contribution < -0.4 is 11.3 Å². The molecule has 2 N–H and O–H groups in total. The van der Waals surface area contributed by atoms with Crippen molar-refractivity contribution in [1.29, 1.82) is 0 Å². The lowest BCUT2D eigenvalue weighted by Gasteiger charge is -2.05. The minimum absolute atomic E-state index is 0.212. The molecule has 0 aliphatic rings. The van der Waals surface area contributed by atoms with Crippen LogP contribution in [-0.4, -0.2) is 9.55 Å². The van der Waals surface area contributed by atoms with Gasteiger partial charge in [0.15, 0.2) is 0 Å². The van der Waals surface area contributed by atoms with Gasteiger partial charge in [-0.25, -0.2) is 4.98 Å². The summed E-state index contributed by atoms with van der Waals surface area (Å²) in [6, 6.07) is 3.23. The first-order valence-corrected chi connectivity index (χ1v) is 4.38. The van der Waals surface area contributed by atoms with Gasteiger partial charge in [0, 0.05) is 18.6 Å². The van der Waals surface area contributed by atoms with Crippen molar-refractivity contribution in [2.75, 3.05) is 5.73 Å². The summed E-state index contributed by atoms with van der Waals surface area (Å²) in [6.45, 7) is 0. The van der Waals surface area contributed by atoms with E-state index in [2.05, 4.69) is 4.98 Å². The van der Waals surface area contributed by atoms with Crippen molar-refractivity contribution < 1.29 is 0 Å². The number of nitrogens with two attached hydrogens (primary N) is 1. The molecular weight excluding hydrogens is 202 g/mol. The molecule has 5 heteroatoms. The van der Waals surface area contributed by atoms with Crippen molar-refractivity contribution in [2.24, 2.45) is 7.05 Å². The smallest absolute Gasteiger partial charge is 0.273 e. The number of nitrogen functional groups attached to an aromatic ring is 1. The minimum Gasteiger partial charge on any atom is -0.394 e. The standard InChI is InChI=1S/C9H8ClN3O/c1-13-7-3-8(10)12-4-5(7)2-6(11)9(13)14/h2-4H,11H2,1H3. The summed E-state index contributed by atoms with van der Waals surface area (Å²) in [4.78, 5) is 15.4. The van der Waals surface area contributed by atoms with E-state index in [0.29, 0.717) is 5.15 Å². The zero-order valence-corrected chi connectivity index (χ0v) is 8.25. The van der Waals surface area contributed by atoms with E-state index in [1.807, 2.05) is 0 Å². The fraction of sp³-hybridized carbons (Fsp3) is 0.111. The van der Waals surface area contributed by atoms with Gasteiger partial charge in [-0.3, -0.25) is 4.79 Å². The minimum atomic E-state index is -0.222. The molecule has 2 rings (SSSR count). The molecule has 0 unspecified atom stereocenters. The summed E-state index contributed by atoms with van der Waals surface area (Å²) >= 11 is 5.73. The Bertz CT molecular complexity index is 562. The normalized spacial score (nSPS) is 10.7. The Morgan fingerprint density at radius 2 is 2.21 bits per heavy atom. The largest absolute Gasteiger partial charge is 0.394 e. The van der Waals surface area contributed by atoms with Crippen LogP contribution >= 0.6 is 11.6 Å². The Balaban J connectivity index is 2.99. The summed E-state index contributed by atoms with van der Waals surface area (Å²) in [5, 5.41) is 1.16. The van der Waals surface area contributed by atoms with E-state index in [1.54, 1.807) is 25.4 Å². The molecule has 0 atom stereocenters. The third-order valence-corrected chi connectivity index (χ3v) is 2.31. The fourth-order valence-electron chi connectivity index (χ4n) is 1.36. The molecule has 72 valence electrons. The molecule has 0 bridgehead atoms. The lowest BCUT2D eigenvalue weighted by molar-refractivity contribution is 0.908. The molecule has 2 heterocycles. The number of rotatable bonds is 0. The molecule has 0 aliphatic heterocycles. The third-order valence-electron chi connectivity index (χ3n) is 2.10. The first kappa shape index (κ1) is 9.02. The topological polar surface area (TPSA) is 60.9 Å². The second-order valence-corrected chi connectivity index (χ2v) is 3.42. The fourth-order valence-corrected chi connectivity index (χ4v) is 1.52. The molecule has 2 aromatic heterocycles. The van der Waals surface area contributed by atoms with Crippen LogP contribution in [0, 0.1) is 0 Å². The van der Waals surface area contributed by atoms with E-state index in [4.69, 9.17) is 17.3 Å². The summed E-state index contributed by atoms with van der Waals surface area (Å²) < 4.78 is 1.46. The summed E-state index contributed by atoms with van der Waals surface area (Å²) in [6.07, 6.45) is 1.59. The Kier molecular flexibility index (Phi) is 1.93. The van der Waals surface area contributed by atoms with Crippen LogP contribution in [0.1, 0.15) is 0 Å². The van der Waals surface area contributed by atoms with E-state index < -0.39 is 0 Å². The lowest BCUT2D eigenvalue weighted by atomic mass is 10.2. The molecule has 0 amide bonds. The molecule has 0 aliphatic carbocycles. The van der Waals surface area contributed by atoms with Crippen molar-refractivity contribution in [3.05, 3.63) is 33.8 Å². The predicted octanol–water partition coefficient (Wildman–Crippen LogP) is 1.17. The van der Waals surface area contributed by atoms with E-state index in [-0.39, 0.29) is 11.2 Å². The highest BCUT2D eigenvalue weighted by Crippen LogP contribution is 2.16. The van der Waals surface area contributed by atoms with Crippen molar-refractivity contribution in [3.8, 4) is 0 Å². The Hall–Kier alpha value is -1.55. The number of anilines is 1. The number of hydrogen-bond donors (Lipinski definition) is 1. The van der Waals surface area contributed by atoms with Crippen LogP contribution in [0.3, 0.4) is 0 Å². The van der Waals surface area contributed by atoms with Gasteiger partial charge in [0.25, 0.3) is 5.56 Å². The molecule has 0 radical (unpaired) electrons. The maximum atomic E-state index is 11.5. The molecule has 0 aromatic carbocycles. The van der Waals surface area contributed by atoms with Gasteiger partial charge in [-0.2, -0.15) is 0 Å². The Morgan fingerprint density at radius 3 is 2.93 bits per heavy atom. The molecule has 0 spiro atoms.